The van der Waals surface area contributed by atoms with E-state index in [1.807, 2.05) is 23.0 Å². The number of fused-ring (bicyclic) bond motifs is 1. The molecule has 0 saturated heterocycles. The van der Waals surface area contributed by atoms with Crippen LogP contribution in [0.5, 0.6) is 0 Å². The molecule has 7 nitrogen and oxygen atoms in total. The largest absolute Gasteiger partial charge is 0.386 e. The number of amides is 1. The van der Waals surface area contributed by atoms with Crippen LogP contribution in [0.3, 0.4) is 0 Å². The summed E-state index contributed by atoms with van der Waals surface area (Å²) < 4.78 is 1.96. The second-order valence-corrected chi connectivity index (χ2v) is 8.50. The van der Waals surface area contributed by atoms with Crippen molar-refractivity contribution in [3.8, 4) is 0 Å². The lowest BCUT2D eigenvalue weighted by atomic mass is 9.87. The van der Waals surface area contributed by atoms with Gasteiger partial charge in [0, 0.05) is 34.9 Å². The van der Waals surface area contributed by atoms with Crippen LogP contribution in [0.25, 0.3) is 10.9 Å². The number of aromatic nitrogens is 3. The molecule has 2 N–H and O–H groups in total. The Hall–Kier alpha value is -3.06. The van der Waals surface area contributed by atoms with Crippen molar-refractivity contribution in [1.29, 1.82) is 0 Å². The SMILES string of the molecule is CC(C)(O)c1cc2nn(C3CCC(C=O)CC3)cc2cc1NC(=O)c1ccccn1. The summed E-state index contributed by atoms with van der Waals surface area (Å²) in [6.45, 7) is 3.37. The molecule has 1 saturated carbocycles. The maximum Gasteiger partial charge on any atom is 0.274 e. The summed E-state index contributed by atoms with van der Waals surface area (Å²) >= 11 is 0. The number of aldehydes is 1. The number of anilines is 1. The zero-order valence-electron chi connectivity index (χ0n) is 17.2. The Balaban J connectivity index is 1.67. The first-order valence-corrected chi connectivity index (χ1v) is 10.3. The van der Waals surface area contributed by atoms with Crippen molar-refractivity contribution in [3.05, 3.63) is 54.0 Å². The highest BCUT2D eigenvalue weighted by Gasteiger charge is 2.26. The van der Waals surface area contributed by atoms with E-state index in [-0.39, 0.29) is 17.9 Å². The van der Waals surface area contributed by atoms with Crippen LogP contribution in [0.2, 0.25) is 0 Å². The van der Waals surface area contributed by atoms with Crippen LogP contribution in [0.4, 0.5) is 5.69 Å². The van der Waals surface area contributed by atoms with Crippen molar-refractivity contribution >= 4 is 28.8 Å². The fourth-order valence-electron chi connectivity index (χ4n) is 4.07. The van der Waals surface area contributed by atoms with Gasteiger partial charge in [-0.1, -0.05) is 6.07 Å². The summed E-state index contributed by atoms with van der Waals surface area (Å²) in [6, 6.07) is 9.09. The molecule has 3 aromatic rings. The van der Waals surface area contributed by atoms with Gasteiger partial charge in [0.05, 0.1) is 17.2 Å². The zero-order chi connectivity index (χ0) is 21.3. The van der Waals surface area contributed by atoms with E-state index >= 15 is 0 Å². The average Bonchev–Trinajstić information content (AvgIpc) is 3.16. The van der Waals surface area contributed by atoms with Gasteiger partial charge in [0.15, 0.2) is 0 Å². The normalized spacial score (nSPS) is 19.6. The lowest BCUT2D eigenvalue weighted by Crippen LogP contribution is -2.21. The monoisotopic (exact) mass is 406 g/mol. The van der Waals surface area contributed by atoms with E-state index in [0.717, 1.165) is 42.9 Å². The molecule has 156 valence electrons. The topological polar surface area (TPSA) is 97.1 Å². The minimum Gasteiger partial charge on any atom is -0.386 e. The molecule has 2 aromatic heterocycles. The highest BCUT2D eigenvalue weighted by atomic mass is 16.3. The number of aliphatic hydroxyl groups is 1. The number of benzene rings is 1. The lowest BCUT2D eigenvalue weighted by molar-refractivity contribution is -0.112. The highest BCUT2D eigenvalue weighted by Crippen LogP contribution is 2.35. The Morgan fingerprint density at radius 2 is 2.00 bits per heavy atom. The Morgan fingerprint density at radius 3 is 2.63 bits per heavy atom. The number of carbonyl (C=O) groups excluding carboxylic acids is 2. The minimum absolute atomic E-state index is 0.154. The van der Waals surface area contributed by atoms with Crippen molar-refractivity contribution in [1.82, 2.24) is 14.8 Å². The summed E-state index contributed by atoms with van der Waals surface area (Å²) in [4.78, 5) is 27.7. The standard InChI is InChI=1S/C23H26N4O3/c1-23(2,30)18-12-20-16(11-21(18)25-22(29)19-5-3-4-10-24-19)13-27(26-20)17-8-6-15(14-28)7-9-17/h3-5,10-15,17,30H,6-9H2,1-2H3,(H,25,29). The summed E-state index contributed by atoms with van der Waals surface area (Å²) in [5.74, 6) is -0.179. The van der Waals surface area contributed by atoms with E-state index in [2.05, 4.69) is 10.3 Å². The van der Waals surface area contributed by atoms with Gasteiger partial charge in [0.25, 0.3) is 5.91 Å². The third-order valence-electron chi connectivity index (χ3n) is 5.77. The third-order valence-corrected chi connectivity index (χ3v) is 5.77. The van der Waals surface area contributed by atoms with E-state index in [1.165, 1.54) is 0 Å². The molecule has 1 amide bonds. The first kappa shape index (κ1) is 20.2. The van der Waals surface area contributed by atoms with Gasteiger partial charge in [-0.2, -0.15) is 5.10 Å². The van der Waals surface area contributed by atoms with Crippen LogP contribution >= 0.6 is 0 Å². The number of pyridine rings is 1. The Labute approximate surface area is 175 Å². The molecular weight excluding hydrogens is 380 g/mol. The average molecular weight is 406 g/mol. The number of hydrogen-bond acceptors (Lipinski definition) is 5. The molecule has 1 fully saturated rings. The molecule has 2 heterocycles. The molecule has 1 aromatic carbocycles. The van der Waals surface area contributed by atoms with Crippen LogP contribution in [-0.4, -0.2) is 32.1 Å². The van der Waals surface area contributed by atoms with Gasteiger partial charge in [-0.25, -0.2) is 0 Å². The fraction of sp³-hybridized carbons (Fsp3) is 0.391. The van der Waals surface area contributed by atoms with Gasteiger partial charge in [-0.05, 0) is 63.8 Å². The predicted molar refractivity (Wildman–Crippen MR) is 114 cm³/mol. The maximum atomic E-state index is 12.6. The van der Waals surface area contributed by atoms with Gasteiger partial charge in [0.1, 0.15) is 12.0 Å². The number of nitrogens with one attached hydrogen (secondary N) is 1. The molecule has 7 heteroatoms. The predicted octanol–water partition coefficient (Wildman–Crippen LogP) is 3.84. The number of carbonyl (C=O) groups is 2. The van der Waals surface area contributed by atoms with Crippen LogP contribution in [0.1, 0.15) is 61.6 Å². The number of hydrogen-bond donors (Lipinski definition) is 2. The summed E-state index contributed by atoms with van der Waals surface area (Å²) in [5, 5.41) is 19.2. The molecule has 0 spiro atoms. The van der Waals surface area contributed by atoms with Gasteiger partial charge in [0.2, 0.25) is 0 Å². The van der Waals surface area contributed by atoms with E-state index in [0.29, 0.717) is 16.9 Å². The van der Waals surface area contributed by atoms with E-state index < -0.39 is 5.60 Å². The maximum absolute atomic E-state index is 12.6. The Kier molecular flexibility index (Phi) is 5.39. The summed E-state index contributed by atoms with van der Waals surface area (Å²) in [5.41, 5.74) is 1.04. The Morgan fingerprint density at radius 1 is 1.23 bits per heavy atom. The Bertz CT molecular complexity index is 1060. The van der Waals surface area contributed by atoms with E-state index in [9.17, 15) is 14.7 Å². The van der Waals surface area contributed by atoms with E-state index in [1.54, 1.807) is 38.2 Å². The highest BCUT2D eigenvalue weighted by molar-refractivity contribution is 6.04. The van der Waals surface area contributed by atoms with E-state index in [4.69, 9.17) is 5.10 Å². The van der Waals surface area contributed by atoms with Gasteiger partial charge >= 0.3 is 0 Å². The summed E-state index contributed by atoms with van der Waals surface area (Å²) in [6.07, 6.45) is 8.19. The molecule has 1 aliphatic rings. The molecule has 1 aliphatic carbocycles. The molecule has 0 unspecified atom stereocenters. The van der Waals surface area contributed by atoms with Crippen LogP contribution in [0, 0.1) is 5.92 Å². The first-order valence-electron chi connectivity index (χ1n) is 10.3. The summed E-state index contributed by atoms with van der Waals surface area (Å²) in [7, 11) is 0. The second-order valence-electron chi connectivity index (χ2n) is 8.50. The first-order chi connectivity index (χ1) is 14.3. The van der Waals surface area contributed by atoms with Crippen molar-refractivity contribution in [2.75, 3.05) is 5.32 Å². The van der Waals surface area contributed by atoms with Crippen molar-refractivity contribution < 1.29 is 14.7 Å². The van der Waals surface area contributed by atoms with Gasteiger partial charge in [-0.15, -0.1) is 0 Å². The van der Waals surface area contributed by atoms with Crippen LogP contribution in [0.15, 0.2) is 42.7 Å². The number of nitrogens with zero attached hydrogens (tertiary/aromatic N) is 3. The molecule has 0 aliphatic heterocycles. The molecule has 0 atom stereocenters. The second kappa shape index (κ2) is 7.99. The molecule has 0 bridgehead atoms. The zero-order valence-corrected chi connectivity index (χ0v) is 17.2. The number of rotatable bonds is 5. The molecular formula is C23H26N4O3. The smallest absolute Gasteiger partial charge is 0.274 e. The van der Waals surface area contributed by atoms with Gasteiger partial charge in [-0.3, -0.25) is 14.5 Å². The molecule has 30 heavy (non-hydrogen) atoms. The third kappa shape index (κ3) is 4.11. The lowest BCUT2D eigenvalue weighted by Gasteiger charge is -2.25. The molecule has 4 rings (SSSR count). The van der Waals surface area contributed by atoms with Crippen molar-refractivity contribution in [2.24, 2.45) is 5.92 Å². The van der Waals surface area contributed by atoms with Crippen LogP contribution in [-0.2, 0) is 10.4 Å². The quantitative estimate of drug-likeness (QED) is 0.628. The van der Waals surface area contributed by atoms with Crippen molar-refractivity contribution in [2.45, 2.75) is 51.2 Å². The van der Waals surface area contributed by atoms with Gasteiger partial charge < -0.3 is 15.2 Å². The minimum atomic E-state index is -1.16. The fourth-order valence-corrected chi connectivity index (χ4v) is 4.07. The van der Waals surface area contributed by atoms with Crippen LogP contribution < -0.4 is 5.32 Å². The molecule has 0 radical (unpaired) electrons. The van der Waals surface area contributed by atoms with Crippen molar-refractivity contribution in [3.63, 3.8) is 0 Å².